The Balaban J connectivity index is 1.54. The first-order chi connectivity index (χ1) is 12.5. The van der Waals surface area contributed by atoms with Crippen LogP contribution in [0.15, 0.2) is 58.3 Å². The number of β-amino-alcohol motifs (C(OH)–C–C–N with tert-alkyl or cyclic N) is 1. The van der Waals surface area contributed by atoms with E-state index in [4.69, 9.17) is 9.47 Å². The molecule has 0 radical (unpaired) electrons. The van der Waals surface area contributed by atoms with Crippen LogP contribution >= 0.6 is 0 Å². The number of benzene rings is 2. The van der Waals surface area contributed by atoms with Crippen LogP contribution in [0.4, 0.5) is 0 Å². The first-order valence-corrected chi connectivity index (χ1v) is 10.1. The van der Waals surface area contributed by atoms with Gasteiger partial charge in [0.05, 0.1) is 15.9 Å². The van der Waals surface area contributed by atoms with Crippen molar-refractivity contribution in [2.75, 3.05) is 26.2 Å². The van der Waals surface area contributed by atoms with E-state index in [1.54, 1.807) is 42.5 Å². The Labute approximate surface area is 152 Å². The third-order valence-electron chi connectivity index (χ3n) is 4.71. The van der Waals surface area contributed by atoms with Gasteiger partial charge in [-0.2, -0.15) is 0 Å². The van der Waals surface area contributed by atoms with Crippen LogP contribution in [0.2, 0.25) is 0 Å². The maximum Gasteiger partial charge on any atom is 0.206 e. The van der Waals surface area contributed by atoms with E-state index in [0.717, 1.165) is 13.0 Å². The van der Waals surface area contributed by atoms with E-state index in [9.17, 15) is 13.5 Å². The highest BCUT2D eigenvalue weighted by molar-refractivity contribution is 7.91. The lowest BCUT2D eigenvalue weighted by Crippen LogP contribution is -2.40. The summed E-state index contributed by atoms with van der Waals surface area (Å²) >= 11 is 0. The molecule has 2 aromatic rings. The average molecular weight is 375 g/mol. The molecular formula is C19H21NO5S. The molecule has 0 saturated carbocycles. The minimum absolute atomic E-state index is 0.184. The Morgan fingerprint density at radius 1 is 1.08 bits per heavy atom. The van der Waals surface area contributed by atoms with Crippen LogP contribution in [0.1, 0.15) is 6.42 Å². The first kappa shape index (κ1) is 17.3. The predicted molar refractivity (Wildman–Crippen MR) is 95.3 cm³/mol. The first-order valence-electron chi connectivity index (χ1n) is 8.66. The molecule has 4 rings (SSSR count). The fraction of sp³-hybridized carbons (Fsp3) is 0.368. The summed E-state index contributed by atoms with van der Waals surface area (Å²) in [6.07, 6.45) is 0.292. The zero-order valence-corrected chi connectivity index (χ0v) is 15.1. The number of sulfone groups is 1. The second-order valence-corrected chi connectivity index (χ2v) is 8.63. The molecule has 0 aliphatic carbocycles. The van der Waals surface area contributed by atoms with Crippen molar-refractivity contribution >= 4 is 9.84 Å². The highest BCUT2D eigenvalue weighted by atomic mass is 32.2. The number of hydrogen-bond acceptors (Lipinski definition) is 6. The fourth-order valence-electron chi connectivity index (χ4n) is 3.35. The lowest BCUT2D eigenvalue weighted by Gasteiger charge is -2.29. The molecule has 1 unspecified atom stereocenters. The summed E-state index contributed by atoms with van der Waals surface area (Å²) in [5.41, 5.74) is 0. The van der Waals surface area contributed by atoms with E-state index in [1.165, 1.54) is 6.07 Å². The van der Waals surface area contributed by atoms with Crippen molar-refractivity contribution in [1.29, 1.82) is 0 Å². The lowest BCUT2D eigenvalue weighted by molar-refractivity contribution is 0.0607. The largest absolute Gasteiger partial charge is 0.486 e. The van der Waals surface area contributed by atoms with Crippen LogP contribution in [0, 0.1) is 0 Å². The molecule has 0 amide bonds. The van der Waals surface area contributed by atoms with Gasteiger partial charge in [-0.25, -0.2) is 8.42 Å². The van der Waals surface area contributed by atoms with Crippen molar-refractivity contribution in [3.63, 3.8) is 0 Å². The summed E-state index contributed by atoms with van der Waals surface area (Å²) in [6.45, 7) is 2.52. The van der Waals surface area contributed by atoms with Gasteiger partial charge in [0, 0.05) is 25.7 Å². The predicted octanol–water partition coefficient (Wildman–Crippen LogP) is 1.73. The molecule has 2 atom stereocenters. The number of aliphatic hydroxyl groups excluding tert-OH is 1. The molecule has 0 bridgehead atoms. The number of nitrogens with zero attached hydrogens (tertiary/aromatic N) is 1. The fourth-order valence-corrected chi connectivity index (χ4v) is 4.65. The van der Waals surface area contributed by atoms with Gasteiger partial charge < -0.3 is 14.6 Å². The third kappa shape index (κ3) is 3.42. The van der Waals surface area contributed by atoms with E-state index in [-0.39, 0.29) is 22.0 Å². The molecule has 6 nitrogen and oxygen atoms in total. The number of aliphatic hydroxyl groups is 1. The van der Waals surface area contributed by atoms with Gasteiger partial charge in [-0.3, -0.25) is 4.90 Å². The van der Waals surface area contributed by atoms with Gasteiger partial charge in [0.2, 0.25) is 9.84 Å². The molecular weight excluding hydrogens is 354 g/mol. The summed E-state index contributed by atoms with van der Waals surface area (Å²) in [5, 5.41) is 9.64. The summed E-state index contributed by atoms with van der Waals surface area (Å²) in [4.78, 5) is 2.57. The van der Waals surface area contributed by atoms with Gasteiger partial charge in [0.25, 0.3) is 0 Å². The Bertz CT molecular complexity index is 884. The lowest BCUT2D eigenvalue weighted by atomic mass is 10.2. The standard InChI is InChI=1S/C19H21NO5S/c21-14-8-9-20(11-14)12-15-13-24-18-7-6-17(10-19(18)25-15)26(22,23)16-4-2-1-3-5-16/h1-7,10,14-15,21H,8-9,11-13H2/t14?,15-/m0/s1. The third-order valence-corrected chi connectivity index (χ3v) is 6.47. The Hall–Kier alpha value is -2.09. The minimum Gasteiger partial charge on any atom is -0.486 e. The van der Waals surface area contributed by atoms with Crippen molar-refractivity contribution in [1.82, 2.24) is 4.90 Å². The van der Waals surface area contributed by atoms with E-state index in [1.807, 2.05) is 0 Å². The van der Waals surface area contributed by atoms with E-state index in [2.05, 4.69) is 4.90 Å². The minimum atomic E-state index is -3.60. The topological polar surface area (TPSA) is 76.1 Å². The number of ether oxygens (including phenoxy) is 2. The molecule has 2 aromatic carbocycles. The van der Waals surface area contributed by atoms with Crippen molar-refractivity contribution in [2.45, 2.75) is 28.4 Å². The quantitative estimate of drug-likeness (QED) is 0.877. The van der Waals surface area contributed by atoms with E-state index in [0.29, 0.717) is 31.2 Å². The maximum absolute atomic E-state index is 12.8. The molecule has 7 heteroatoms. The molecule has 0 aromatic heterocycles. The number of likely N-dealkylation sites (tertiary alicyclic amines) is 1. The second-order valence-electron chi connectivity index (χ2n) is 6.68. The second kappa shape index (κ2) is 6.90. The van der Waals surface area contributed by atoms with Gasteiger partial charge in [-0.1, -0.05) is 18.2 Å². The monoisotopic (exact) mass is 375 g/mol. The molecule has 2 aliphatic heterocycles. The normalized spacial score (nSPS) is 23.1. The van der Waals surface area contributed by atoms with E-state index >= 15 is 0 Å². The Kier molecular flexibility index (Phi) is 4.60. The van der Waals surface area contributed by atoms with Crippen molar-refractivity contribution in [3.8, 4) is 11.5 Å². The van der Waals surface area contributed by atoms with Crippen molar-refractivity contribution in [2.24, 2.45) is 0 Å². The molecule has 2 aliphatic rings. The summed E-state index contributed by atoms with van der Waals surface area (Å²) in [7, 11) is -3.60. The summed E-state index contributed by atoms with van der Waals surface area (Å²) in [5.74, 6) is 0.993. The van der Waals surface area contributed by atoms with Crippen molar-refractivity contribution in [3.05, 3.63) is 48.5 Å². The van der Waals surface area contributed by atoms with Crippen molar-refractivity contribution < 1.29 is 23.0 Å². The average Bonchev–Trinajstić information content (AvgIpc) is 3.06. The van der Waals surface area contributed by atoms with Gasteiger partial charge in [0.15, 0.2) is 11.5 Å². The highest BCUT2D eigenvalue weighted by Gasteiger charge is 2.28. The van der Waals surface area contributed by atoms with Crippen LogP contribution in [0.3, 0.4) is 0 Å². The van der Waals surface area contributed by atoms with Crippen LogP contribution in [-0.4, -0.2) is 56.9 Å². The zero-order chi connectivity index (χ0) is 18.1. The van der Waals surface area contributed by atoms with Crippen LogP contribution in [0.5, 0.6) is 11.5 Å². The molecule has 26 heavy (non-hydrogen) atoms. The van der Waals surface area contributed by atoms with Gasteiger partial charge in [-0.05, 0) is 30.7 Å². The zero-order valence-electron chi connectivity index (χ0n) is 14.2. The molecule has 2 heterocycles. The van der Waals surface area contributed by atoms with Gasteiger partial charge in [-0.15, -0.1) is 0 Å². The molecule has 1 fully saturated rings. The molecule has 1 N–H and O–H groups in total. The van der Waals surface area contributed by atoms with Crippen LogP contribution in [0.25, 0.3) is 0 Å². The molecule has 0 spiro atoms. The smallest absolute Gasteiger partial charge is 0.206 e. The SMILES string of the molecule is O=S(=O)(c1ccccc1)c1ccc2c(c1)O[C@@H](CN1CCC(O)C1)CO2. The summed E-state index contributed by atoms with van der Waals surface area (Å²) in [6, 6.07) is 13.0. The summed E-state index contributed by atoms with van der Waals surface area (Å²) < 4.78 is 37.3. The van der Waals surface area contributed by atoms with Gasteiger partial charge >= 0.3 is 0 Å². The Morgan fingerprint density at radius 3 is 2.62 bits per heavy atom. The van der Waals surface area contributed by atoms with Crippen LogP contribution in [-0.2, 0) is 9.84 Å². The number of hydrogen-bond donors (Lipinski definition) is 1. The highest BCUT2D eigenvalue weighted by Crippen LogP contribution is 2.35. The number of rotatable bonds is 4. The molecule has 1 saturated heterocycles. The molecule has 138 valence electrons. The Morgan fingerprint density at radius 2 is 1.88 bits per heavy atom. The van der Waals surface area contributed by atoms with E-state index < -0.39 is 9.84 Å². The van der Waals surface area contributed by atoms with Gasteiger partial charge in [0.1, 0.15) is 12.7 Å². The number of fused-ring (bicyclic) bond motifs is 1. The van der Waals surface area contributed by atoms with Crippen LogP contribution < -0.4 is 9.47 Å². The maximum atomic E-state index is 12.8.